The number of carbonyl (C=O) groups excluding carboxylic acids is 1. The number of amides is 1. The van der Waals surface area contributed by atoms with E-state index in [9.17, 15) is 9.59 Å². The van der Waals surface area contributed by atoms with Crippen LogP contribution in [-0.4, -0.2) is 69.6 Å². The van der Waals surface area contributed by atoms with Crippen LogP contribution in [0.5, 0.6) is 0 Å². The summed E-state index contributed by atoms with van der Waals surface area (Å²) in [5.74, 6) is 0.254. The van der Waals surface area contributed by atoms with Crippen molar-refractivity contribution in [2.24, 2.45) is 5.41 Å². The molecule has 8 nitrogen and oxygen atoms in total. The largest absolute Gasteiger partial charge is 0.359 e. The predicted molar refractivity (Wildman–Crippen MR) is 112 cm³/mol. The summed E-state index contributed by atoms with van der Waals surface area (Å²) in [6.45, 7) is 13.2. The fourth-order valence-corrected chi connectivity index (χ4v) is 4.07. The first-order chi connectivity index (χ1) is 13.2. The Morgan fingerprint density at radius 3 is 2.61 bits per heavy atom. The minimum absolute atomic E-state index is 0.0318. The average Bonchev–Trinajstić information content (AvgIpc) is 3.04. The molecule has 9 heteroatoms. The van der Waals surface area contributed by atoms with E-state index in [-0.39, 0.29) is 16.9 Å². The zero-order chi connectivity index (χ0) is 20.3. The topological polar surface area (TPSA) is 82.8 Å². The number of fused-ring (bicyclic) bond motifs is 1. The monoisotopic (exact) mass is 406 g/mol. The second kappa shape index (κ2) is 8.57. The summed E-state index contributed by atoms with van der Waals surface area (Å²) in [6.07, 6.45) is 1.33. The molecule has 1 amide bonds. The highest BCUT2D eigenvalue weighted by molar-refractivity contribution is 7.20. The smallest absolute Gasteiger partial charge is 0.275 e. The Morgan fingerprint density at radius 1 is 1.25 bits per heavy atom. The second-order valence-corrected chi connectivity index (χ2v) is 9.38. The molecule has 1 N–H and O–H groups in total. The summed E-state index contributed by atoms with van der Waals surface area (Å²) >= 11 is 1.40. The van der Waals surface area contributed by atoms with E-state index < -0.39 is 0 Å². The van der Waals surface area contributed by atoms with Crippen LogP contribution in [-0.2, 0) is 11.2 Å². The Morgan fingerprint density at radius 2 is 1.96 bits per heavy atom. The molecule has 154 valence electrons. The van der Waals surface area contributed by atoms with Gasteiger partial charge in [0.2, 0.25) is 16.0 Å². The summed E-state index contributed by atoms with van der Waals surface area (Å²) < 4.78 is 1.35. The number of piperazine rings is 1. The molecule has 1 aliphatic heterocycles. The van der Waals surface area contributed by atoms with Crippen LogP contribution in [0.2, 0.25) is 0 Å². The van der Waals surface area contributed by atoms with Gasteiger partial charge in [0.1, 0.15) is 0 Å². The third kappa shape index (κ3) is 5.29. The van der Waals surface area contributed by atoms with E-state index in [1.54, 1.807) is 0 Å². The number of anilines is 1. The van der Waals surface area contributed by atoms with Crippen LogP contribution in [0.1, 0.15) is 39.8 Å². The van der Waals surface area contributed by atoms with Gasteiger partial charge in [-0.25, -0.2) is 4.98 Å². The molecule has 0 aromatic carbocycles. The van der Waals surface area contributed by atoms with Crippen LogP contribution >= 0.6 is 11.3 Å². The van der Waals surface area contributed by atoms with Crippen LogP contribution < -0.4 is 10.9 Å². The lowest BCUT2D eigenvalue weighted by molar-refractivity contribution is -0.134. The normalized spacial score (nSPS) is 15.9. The van der Waals surface area contributed by atoms with Crippen molar-refractivity contribution >= 4 is 27.3 Å². The molecule has 1 fully saturated rings. The van der Waals surface area contributed by atoms with E-state index >= 15 is 0 Å². The highest BCUT2D eigenvalue weighted by Gasteiger charge is 2.24. The number of hydrogen-bond donors (Lipinski definition) is 1. The molecule has 2 aromatic heterocycles. The molecule has 0 saturated carbocycles. The molecule has 0 aliphatic carbocycles. The maximum Gasteiger partial charge on any atom is 0.275 e. The van der Waals surface area contributed by atoms with Crippen LogP contribution in [0.3, 0.4) is 0 Å². The van der Waals surface area contributed by atoms with Crippen molar-refractivity contribution in [1.29, 1.82) is 0 Å². The number of carbonyl (C=O) groups is 1. The third-order valence-electron chi connectivity index (χ3n) is 4.77. The Balaban J connectivity index is 1.46. The summed E-state index contributed by atoms with van der Waals surface area (Å²) in [5.41, 5.74) is 0.686. The molecule has 0 radical (unpaired) electrons. The number of rotatable bonds is 6. The van der Waals surface area contributed by atoms with Gasteiger partial charge in [0, 0.05) is 57.4 Å². The van der Waals surface area contributed by atoms with Gasteiger partial charge in [-0.15, -0.1) is 5.10 Å². The van der Waals surface area contributed by atoms with Gasteiger partial charge < -0.3 is 10.2 Å². The minimum Gasteiger partial charge on any atom is -0.359 e. The SMILES string of the molecule is CCc1cc(=O)n2nc(NCCN3CCN(C(=O)CC(C)(C)C)CC3)sc2n1. The van der Waals surface area contributed by atoms with Crippen molar-refractivity contribution in [3.63, 3.8) is 0 Å². The molecule has 0 spiro atoms. The standard InChI is InChI=1S/C19H30N6O2S/c1-5-14-12-15(26)25-18(21-14)28-17(22-25)20-6-7-23-8-10-24(11-9-23)16(27)13-19(2,3)4/h12H,5-11,13H2,1-4H3,(H,20,22). The van der Waals surface area contributed by atoms with Gasteiger partial charge in [-0.2, -0.15) is 4.52 Å². The van der Waals surface area contributed by atoms with Crippen molar-refractivity contribution in [1.82, 2.24) is 24.4 Å². The van der Waals surface area contributed by atoms with Crippen LogP contribution in [0.15, 0.2) is 10.9 Å². The van der Waals surface area contributed by atoms with Gasteiger partial charge in [0.25, 0.3) is 5.56 Å². The number of nitrogens with zero attached hydrogens (tertiary/aromatic N) is 5. The third-order valence-corrected chi connectivity index (χ3v) is 5.64. The Hall–Kier alpha value is -2.00. The van der Waals surface area contributed by atoms with Gasteiger partial charge in [-0.1, -0.05) is 39.0 Å². The first kappa shape index (κ1) is 20.7. The molecule has 1 saturated heterocycles. The second-order valence-electron chi connectivity index (χ2n) is 8.43. The van der Waals surface area contributed by atoms with E-state index in [4.69, 9.17) is 0 Å². The average molecular weight is 407 g/mol. The first-order valence-corrected chi connectivity index (χ1v) is 10.7. The highest BCUT2D eigenvalue weighted by atomic mass is 32.1. The zero-order valence-electron chi connectivity index (χ0n) is 17.2. The van der Waals surface area contributed by atoms with Gasteiger partial charge >= 0.3 is 0 Å². The summed E-state index contributed by atoms with van der Waals surface area (Å²) in [4.78, 5) is 33.8. The molecular weight excluding hydrogens is 376 g/mol. The summed E-state index contributed by atoms with van der Waals surface area (Å²) in [5, 5.41) is 8.32. The molecular formula is C19H30N6O2S. The molecule has 0 bridgehead atoms. The molecule has 0 atom stereocenters. The van der Waals surface area contributed by atoms with Gasteiger partial charge in [-0.3, -0.25) is 14.5 Å². The number of aryl methyl sites for hydroxylation is 1. The van der Waals surface area contributed by atoms with Gasteiger partial charge in [-0.05, 0) is 11.8 Å². The van der Waals surface area contributed by atoms with Crippen molar-refractivity contribution in [2.45, 2.75) is 40.5 Å². The van der Waals surface area contributed by atoms with E-state index in [1.807, 2.05) is 11.8 Å². The van der Waals surface area contributed by atoms with Crippen molar-refractivity contribution in [3.05, 3.63) is 22.1 Å². The lowest BCUT2D eigenvalue weighted by Gasteiger charge is -2.36. The number of hydrogen-bond acceptors (Lipinski definition) is 7. The van der Waals surface area contributed by atoms with Crippen molar-refractivity contribution in [2.75, 3.05) is 44.6 Å². The van der Waals surface area contributed by atoms with E-state index in [0.717, 1.165) is 51.4 Å². The zero-order valence-corrected chi connectivity index (χ0v) is 18.0. The molecule has 0 unspecified atom stereocenters. The summed E-state index contributed by atoms with van der Waals surface area (Å²) in [6, 6.07) is 1.54. The van der Waals surface area contributed by atoms with Crippen LogP contribution in [0.25, 0.3) is 4.96 Å². The highest BCUT2D eigenvalue weighted by Crippen LogP contribution is 2.20. The molecule has 2 aromatic rings. The molecule has 1 aliphatic rings. The Labute approximate surface area is 169 Å². The van der Waals surface area contributed by atoms with E-state index in [0.29, 0.717) is 16.5 Å². The van der Waals surface area contributed by atoms with Gasteiger partial charge in [0.15, 0.2) is 0 Å². The van der Waals surface area contributed by atoms with Crippen LogP contribution in [0, 0.1) is 5.41 Å². The van der Waals surface area contributed by atoms with Gasteiger partial charge in [0.05, 0.1) is 0 Å². The van der Waals surface area contributed by atoms with Crippen LogP contribution in [0.4, 0.5) is 5.13 Å². The predicted octanol–water partition coefficient (Wildman–Crippen LogP) is 1.71. The lowest BCUT2D eigenvalue weighted by atomic mass is 9.91. The Kier molecular flexibility index (Phi) is 6.34. The van der Waals surface area contributed by atoms with E-state index in [2.05, 4.69) is 41.1 Å². The van der Waals surface area contributed by atoms with Crippen molar-refractivity contribution in [3.8, 4) is 0 Å². The fraction of sp³-hybridized carbons (Fsp3) is 0.684. The first-order valence-electron chi connectivity index (χ1n) is 9.89. The lowest BCUT2D eigenvalue weighted by Crippen LogP contribution is -2.50. The maximum atomic E-state index is 12.3. The Bertz CT molecular complexity index is 877. The molecule has 3 rings (SSSR count). The number of aromatic nitrogens is 3. The quantitative estimate of drug-likeness (QED) is 0.786. The fourth-order valence-electron chi connectivity index (χ4n) is 3.22. The maximum absolute atomic E-state index is 12.3. The van der Waals surface area contributed by atoms with Crippen molar-refractivity contribution < 1.29 is 4.79 Å². The summed E-state index contributed by atoms with van der Waals surface area (Å²) in [7, 11) is 0. The minimum atomic E-state index is -0.137. The van der Waals surface area contributed by atoms with E-state index in [1.165, 1.54) is 21.9 Å². The molecule has 28 heavy (non-hydrogen) atoms. The molecule has 3 heterocycles. The number of nitrogens with one attached hydrogen (secondary N) is 1.